The van der Waals surface area contributed by atoms with Gasteiger partial charge in [-0.15, -0.1) is 0 Å². The Morgan fingerprint density at radius 2 is 2.38 bits per heavy atom. The zero-order valence-corrected chi connectivity index (χ0v) is 4.59. The van der Waals surface area contributed by atoms with Crippen molar-refractivity contribution in [1.29, 1.82) is 0 Å². The standard InChI is InChI=1S/C6H8O2/c7-6-5-2-1-4(5)3-8-6/h4-5H,1-3H2. The molecule has 0 aromatic rings. The third-order valence-electron chi connectivity index (χ3n) is 2.16. The second-order valence-electron chi connectivity index (χ2n) is 2.57. The van der Waals surface area contributed by atoms with E-state index in [1.165, 1.54) is 6.42 Å². The Morgan fingerprint density at radius 3 is 2.62 bits per heavy atom. The van der Waals surface area contributed by atoms with Crippen LogP contribution < -0.4 is 0 Å². The van der Waals surface area contributed by atoms with E-state index in [1.54, 1.807) is 0 Å². The molecule has 2 nitrogen and oxygen atoms in total. The summed E-state index contributed by atoms with van der Waals surface area (Å²) in [4.78, 5) is 10.6. The summed E-state index contributed by atoms with van der Waals surface area (Å²) in [5.41, 5.74) is 0. The summed E-state index contributed by atoms with van der Waals surface area (Å²) >= 11 is 0. The van der Waals surface area contributed by atoms with Gasteiger partial charge in [-0.1, -0.05) is 0 Å². The van der Waals surface area contributed by atoms with Crippen molar-refractivity contribution in [2.24, 2.45) is 11.8 Å². The first-order valence-corrected chi connectivity index (χ1v) is 3.04. The number of fused-ring (bicyclic) bond motifs is 1. The van der Waals surface area contributed by atoms with Gasteiger partial charge >= 0.3 is 5.97 Å². The first-order valence-electron chi connectivity index (χ1n) is 3.04. The molecule has 1 aliphatic heterocycles. The maximum atomic E-state index is 10.6. The van der Waals surface area contributed by atoms with E-state index in [-0.39, 0.29) is 5.97 Å². The van der Waals surface area contributed by atoms with Gasteiger partial charge in [0.2, 0.25) is 0 Å². The molecule has 0 spiro atoms. The summed E-state index contributed by atoms with van der Waals surface area (Å²) in [6, 6.07) is 0. The van der Waals surface area contributed by atoms with E-state index in [0.717, 1.165) is 6.42 Å². The van der Waals surface area contributed by atoms with Crippen LogP contribution in [0.25, 0.3) is 0 Å². The van der Waals surface area contributed by atoms with Crippen molar-refractivity contribution in [1.82, 2.24) is 0 Å². The first-order chi connectivity index (χ1) is 3.88. The second-order valence-corrected chi connectivity index (χ2v) is 2.57. The predicted octanol–water partition coefficient (Wildman–Crippen LogP) is 0.569. The predicted molar refractivity (Wildman–Crippen MR) is 27.2 cm³/mol. The molecular weight excluding hydrogens is 104 g/mol. The minimum absolute atomic E-state index is 0.0428. The van der Waals surface area contributed by atoms with Crippen molar-refractivity contribution in [3.05, 3.63) is 0 Å². The van der Waals surface area contributed by atoms with Gasteiger partial charge in [0.1, 0.15) is 0 Å². The Labute approximate surface area is 47.8 Å². The third-order valence-corrected chi connectivity index (χ3v) is 2.16. The molecule has 2 aliphatic rings. The van der Waals surface area contributed by atoms with Gasteiger partial charge in [0, 0.05) is 5.92 Å². The first kappa shape index (κ1) is 4.36. The van der Waals surface area contributed by atoms with Gasteiger partial charge in [-0.2, -0.15) is 0 Å². The Morgan fingerprint density at radius 1 is 1.50 bits per heavy atom. The van der Waals surface area contributed by atoms with Gasteiger partial charge in [-0.25, -0.2) is 0 Å². The van der Waals surface area contributed by atoms with Crippen LogP contribution in [0.4, 0.5) is 0 Å². The highest BCUT2D eigenvalue weighted by molar-refractivity contribution is 5.75. The number of hydrogen-bond acceptors (Lipinski definition) is 2. The molecule has 0 aromatic heterocycles. The smallest absolute Gasteiger partial charge is 0.309 e. The Hall–Kier alpha value is -0.530. The maximum absolute atomic E-state index is 10.6. The van der Waals surface area contributed by atoms with E-state index in [9.17, 15) is 4.79 Å². The van der Waals surface area contributed by atoms with Crippen molar-refractivity contribution >= 4 is 5.97 Å². The fourth-order valence-electron chi connectivity index (χ4n) is 1.38. The van der Waals surface area contributed by atoms with Crippen LogP contribution in [0.1, 0.15) is 12.8 Å². The Bertz CT molecular complexity index is 130. The van der Waals surface area contributed by atoms with E-state index < -0.39 is 0 Å². The molecule has 2 rings (SSSR count). The molecule has 1 saturated carbocycles. The SMILES string of the molecule is O=C1OCC2CCC12. The number of carbonyl (C=O) groups excluding carboxylic acids is 1. The minimum atomic E-state index is 0.0428. The molecule has 2 heteroatoms. The molecule has 2 atom stereocenters. The molecule has 1 aliphatic carbocycles. The molecular formula is C6H8O2. The summed E-state index contributed by atoms with van der Waals surface area (Å²) in [5.74, 6) is 0.943. The maximum Gasteiger partial charge on any atom is 0.309 e. The van der Waals surface area contributed by atoms with Crippen LogP contribution in [0.3, 0.4) is 0 Å². The molecule has 0 bridgehead atoms. The number of ether oxygens (including phenoxy) is 1. The van der Waals surface area contributed by atoms with Crippen LogP contribution in [0.15, 0.2) is 0 Å². The van der Waals surface area contributed by atoms with Crippen LogP contribution in [0.2, 0.25) is 0 Å². The number of hydrogen-bond donors (Lipinski definition) is 0. The number of rotatable bonds is 0. The lowest BCUT2D eigenvalue weighted by Gasteiger charge is -2.23. The topological polar surface area (TPSA) is 26.3 Å². The van der Waals surface area contributed by atoms with Crippen molar-refractivity contribution < 1.29 is 9.53 Å². The van der Waals surface area contributed by atoms with Crippen LogP contribution >= 0.6 is 0 Å². The summed E-state index contributed by atoms with van der Waals surface area (Å²) in [6.07, 6.45) is 2.28. The monoisotopic (exact) mass is 112 g/mol. The number of esters is 1. The quantitative estimate of drug-likeness (QED) is 0.428. The largest absolute Gasteiger partial charge is 0.465 e. The minimum Gasteiger partial charge on any atom is -0.465 e. The van der Waals surface area contributed by atoms with Gasteiger partial charge in [-0.05, 0) is 12.8 Å². The van der Waals surface area contributed by atoms with Gasteiger partial charge < -0.3 is 4.74 Å². The highest BCUT2D eigenvalue weighted by atomic mass is 16.5. The van der Waals surface area contributed by atoms with Crippen LogP contribution in [0.5, 0.6) is 0 Å². The van der Waals surface area contributed by atoms with Gasteiger partial charge in [0.15, 0.2) is 0 Å². The number of cyclic esters (lactones) is 1. The van der Waals surface area contributed by atoms with Crippen LogP contribution in [-0.2, 0) is 9.53 Å². The zero-order chi connectivity index (χ0) is 5.56. The van der Waals surface area contributed by atoms with Crippen LogP contribution in [-0.4, -0.2) is 12.6 Å². The number of carbonyl (C=O) groups is 1. The molecule has 44 valence electrons. The summed E-state index contributed by atoms with van der Waals surface area (Å²) < 4.78 is 4.80. The summed E-state index contributed by atoms with van der Waals surface area (Å²) in [5, 5.41) is 0. The van der Waals surface area contributed by atoms with E-state index in [1.807, 2.05) is 0 Å². The Kier molecular flexibility index (Phi) is 0.678. The van der Waals surface area contributed by atoms with Crippen LogP contribution in [0, 0.1) is 11.8 Å². The van der Waals surface area contributed by atoms with Crippen molar-refractivity contribution in [3.8, 4) is 0 Å². The molecule has 0 N–H and O–H groups in total. The van der Waals surface area contributed by atoms with Crippen molar-refractivity contribution in [2.75, 3.05) is 6.61 Å². The van der Waals surface area contributed by atoms with E-state index in [4.69, 9.17) is 4.74 Å². The summed E-state index contributed by atoms with van der Waals surface area (Å²) in [6.45, 7) is 0.698. The second kappa shape index (κ2) is 1.24. The van der Waals surface area contributed by atoms with Gasteiger partial charge in [-0.3, -0.25) is 4.79 Å². The molecule has 8 heavy (non-hydrogen) atoms. The molecule has 2 fully saturated rings. The van der Waals surface area contributed by atoms with Crippen molar-refractivity contribution in [3.63, 3.8) is 0 Å². The van der Waals surface area contributed by atoms with Gasteiger partial charge in [0.25, 0.3) is 0 Å². The lowest BCUT2D eigenvalue weighted by Crippen LogP contribution is -2.25. The van der Waals surface area contributed by atoms with E-state index in [0.29, 0.717) is 18.4 Å². The molecule has 2 unspecified atom stereocenters. The van der Waals surface area contributed by atoms with E-state index in [2.05, 4.69) is 0 Å². The Balaban J connectivity index is 2.15. The molecule has 0 aromatic carbocycles. The average molecular weight is 112 g/mol. The highest BCUT2D eigenvalue weighted by Gasteiger charge is 2.43. The highest BCUT2D eigenvalue weighted by Crippen LogP contribution is 2.39. The third kappa shape index (κ3) is 0.358. The molecule has 1 saturated heterocycles. The zero-order valence-electron chi connectivity index (χ0n) is 4.59. The van der Waals surface area contributed by atoms with E-state index >= 15 is 0 Å². The fourth-order valence-corrected chi connectivity index (χ4v) is 1.38. The lowest BCUT2D eigenvalue weighted by atomic mass is 9.76. The average Bonchev–Trinajstić information content (AvgIpc) is 1.80. The van der Waals surface area contributed by atoms with Gasteiger partial charge in [0.05, 0.1) is 12.5 Å². The normalized spacial score (nSPS) is 42.8. The van der Waals surface area contributed by atoms with Crippen molar-refractivity contribution in [2.45, 2.75) is 12.8 Å². The lowest BCUT2D eigenvalue weighted by molar-refractivity contribution is -0.142. The summed E-state index contributed by atoms with van der Waals surface area (Å²) in [7, 11) is 0. The molecule has 0 amide bonds. The molecule has 1 heterocycles. The molecule has 0 radical (unpaired) electrons. The fraction of sp³-hybridized carbons (Fsp3) is 0.833.